The van der Waals surface area contributed by atoms with Gasteiger partial charge in [-0.2, -0.15) is 0 Å². The summed E-state index contributed by atoms with van der Waals surface area (Å²) in [6, 6.07) is 9.57. The molecule has 1 aromatic carbocycles. The van der Waals surface area contributed by atoms with E-state index in [2.05, 4.69) is 25.6 Å². The number of hydrogen-bond donors (Lipinski definition) is 3. The molecule has 1 aliphatic carbocycles. The van der Waals surface area contributed by atoms with Crippen LogP contribution >= 0.6 is 0 Å². The third-order valence-electron chi connectivity index (χ3n) is 4.10. The van der Waals surface area contributed by atoms with Gasteiger partial charge in [0.05, 0.1) is 4.90 Å². The van der Waals surface area contributed by atoms with Crippen molar-refractivity contribution in [1.82, 2.24) is 10.2 Å². The van der Waals surface area contributed by atoms with Gasteiger partial charge in [-0.15, -0.1) is 10.2 Å². The maximum Gasteiger partial charge on any atom is 0.263 e. The van der Waals surface area contributed by atoms with Crippen molar-refractivity contribution in [2.45, 2.75) is 43.5 Å². The van der Waals surface area contributed by atoms with E-state index < -0.39 is 10.0 Å². The minimum Gasteiger partial charge on any atom is -0.366 e. The average molecular weight is 375 g/mol. The van der Waals surface area contributed by atoms with Gasteiger partial charge in [0.2, 0.25) is 5.91 Å². The number of rotatable bonds is 6. The highest BCUT2D eigenvalue weighted by molar-refractivity contribution is 7.92. The van der Waals surface area contributed by atoms with E-state index in [1.54, 1.807) is 12.1 Å². The second kappa shape index (κ2) is 7.69. The third kappa shape index (κ3) is 4.69. The second-order valence-corrected chi connectivity index (χ2v) is 7.92. The van der Waals surface area contributed by atoms with Gasteiger partial charge in [0.1, 0.15) is 5.82 Å². The summed E-state index contributed by atoms with van der Waals surface area (Å²) in [6.07, 6.45) is 4.66. The van der Waals surface area contributed by atoms with E-state index in [0.29, 0.717) is 17.5 Å². The van der Waals surface area contributed by atoms with Gasteiger partial charge in [-0.05, 0) is 49.2 Å². The summed E-state index contributed by atoms with van der Waals surface area (Å²) in [4.78, 5) is 11.1. The summed E-state index contributed by atoms with van der Waals surface area (Å²) in [5, 5.41) is 13.8. The number of benzene rings is 1. The Balaban J connectivity index is 1.65. The van der Waals surface area contributed by atoms with Crippen LogP contribution in [0.25, 0.3) is 0 Å². The van der Waals surface area contributed by atoms with Crippen molar-refractivity contribution in [2.75, 3.05) is 15.4 Å². The Labute approximate surface area is 152 Å². The molecule has 0 unspecified atom stereocenters. The van der Waals surface area contributed by atoms with E-state index in [1.807, 2.05) is 0 Å². The summed E-state index contributed by atoms with van der Waals surface area (Å²) in [7, 11) is -3.78. The summed E-state index contributed by atoms with van der Waals surface area (Å²) in [5.74, 6) is 0.563. The normalized spacial score (nSPS) is 14.8. The molecule has 0 bridgehead atoms. The zero-order valence-electron chi connectivity index (χ0n) is 14.4. The summed E-state index contributed by atoms with van der Waals surface area (Å²) >= 11 is 0. The Morgan fingerprint density at radius 2 is 1.62 bits per heavy atom. The van der Waals surface area contributed by atoms with Crippen LogP contribution in [0.2, 0.25) is 0 Å². The molecule has 9 heteroatoms. The Morgan fingerprint density at radius 3 is 2.19 bits per heavy atom. The molecule has 0 aliphatic heterocycles. The highest BCUT2D eigenvalue weighted by Crippen LogP contribution is 2.22. The smallest absolute Gasteiger partial charge is 0.263 e. The van der Waals surface area contributed by atoms with Crippen molar-refractivity contribution in [1.29, 1.82) is 0 Å². The van der Waals surface area contributed by atoms with Crippen molar-refractivity contribution >= 4 is 33.3 Å². The van der Waals surface area contributed by atoms with E-state index in [0.717, 1.165) is 12.8 Å². The second-order valence-electron chi connectivity index (χ2n) is 6.24. The van der Waals surface area contributed by atoms with Gasteiger partial charge < -0.3 is 10.6 Å². The largest absolute Gasteiger partial charge is 0.366 e. The van der Waals surface area contributed by atoms with E-state index in [1.165, 1.54) is 44.0 Å². The molecule has 0 saturated heterocycles. The standard InChI is InChI=1S/C17H21N5O3S/c1-12(23)18-14-6-8-15(9-7-14)26(24,25)22-17-11-10-16(20-21-17)19-13-4-2-3-5-13/h6-11,13H,2-5H2,1H3,(H,18,23)(H,19,20)(H,21,22). The number of anilines is 3. The van der Waals surface area contributed by atoms with Crippen LogP contribution in [0.4, 0.5) is 17.3 Å². The number of nitrogens with zero attached hydrogens (tertiary/aromatic N) is 2. The van der Waals surface area contributed by atoms with E-state index in [4.69, 9.17) is 0 Å². The zero-order chi connectivity index (χ0) is 18.6. The molecule has 26 heavy (non-hydrogen) atoms. The minimum atomic E-state index is -3.78. The van der Waals surface area contributed by atoms with Crippen LogP contribution in [0, 0.1) is 0 Å². The molecule has 8 nitrogen and oxygen atoms in total. The van der Waals surface area contributed by atoms with Crippen molar-refractivity contribution in [2.24, 2.45) is 0 Å². The summed E-state index contributed by atoms with van der Waals surface area (Å²) in [5.41, 5.74) is 0.526. The molecule has 3 rings (SSSR count). The molecule has 138 valence electrons. The van der Waals surface area contributed by atoms with E-state index >= 15 is 0 Å². The maximum absolute atomic E-state index is 12.4. The van der Waals surface area contributed by atoms with Crippen LogP contribution in [0.5, 0.6) is 0 Å². The van der Waals surface area contributed by atoms with Gasteiger partial charge in [-0.3, -0.25) is 9.52 Å². The van der Waals surface area contributed by atoms with Crippen LogP contribution in [-0.4, -0.2) is 30.6 Å². The number of nitrogens with one attached hydrogen (secondary N) is 3. The van der Waals surface area contributed by atoms with Gasteiger partial charge in [0.15, 0.2) is 5.82 Å². The first-order valence-corrected chi connectivity index (χ1v) is 9.91. The lowest BCUT2D eigenvalue weighted by molar-refractivity contribution is -0.114. The number of carbonyl (C=O) groups excluding carboxylic acids is 1. The molecule has 0 atom stereocenters. The van der Waals surface area contributed by atoms with Crippen molar-refractivity contribution in [3.8, 4) is 0 Å². The summed E-state index contributed by atoms with van der Waals surface area (Å²) < 4.78 is 27.2. The van der Waals surface area contributed by atoms with Crippen LogP contribution in [0.15, 0.2) is 41.3 Å². The van der Waals surface area contributed by atoms with Crippen molar-refractivity contribution in [3.63, 3.8) is 0 Å². The fraction of sp³-hybridized carbons (Fsp3) is 0.353. The van der Waals surface area contributed by atoms with Crippen LogP contribution < -0.4 is 15.4 Å². The molecule has 3 N–H and O–H groups in total. The first kappa shape index (κ1) is 18.1. The van der Waals surface area contributed by atoms with Crippen LogP contribution in [-0.2, 0) is 14.8 Å². The van der Waals surface area contributed by atoms with Crippen molar-refractivity contribution in [3.05, 3.63) is 36.4 Å². The number of aromatic nitrogens is 2. The molecule has 0 radical (unpaired) electrons. The minimum absolute atomic E-state index is 0.0709. The molecule has 1 heterocycles. The van der Waals surface area contributed by atoms with Gasteiger partial charge in [-0.1, -0.05) is 12.8 Å². The topological polar surface area (TPSA) is 113 Å². The SMILES string of the molecule is CC(=O)Nc1ccc(S(=O)(=O)Nc2ccc(NC3CCCC3)nn2)cc1. The lowest BCUT2D eigenvalue weighted by Crippen LogP contribution is -2.17. The summed E-state index contributed by atoms with van der Waals surface area (Å²) in [6.45, 7) is 1.39. The molecule has 1 fully saturated rings. The van der Waals surface area contributed by atoms with Gasteiger partial charge in [0, 0.05) is 18.7 Å². The highest BCUT2D eigenvalue weighted by atomic mass is 32.2. The van der Waals surface area contributed by atoms with Crippen LogP contribution in [0.3, 0.4) is 0 Å². The Kier molecular flexibility index (Phi) is 5.36. The average Bonchev–Trinajstić information content (AvgIpc) is 3.09. The quantitative estimate of drug-likeness (QED) is 0.715. The lowest BCUT2D eigenvalue weighted by Gasteiger charge is -2.12. The molecule has 1 aliphatic rings. The molecule has 0 spiro atoms. The Bertz CT molecular complexity index is 860. The maximum atomic E-state index is 12.4. The first-order chi connectivity index (χ1) is 12.4. The van der Waals surface area contributed by atoms with E-state index in [-0.39, 0.29) is 16.6 Å². The van der Waals surface area contributed by atoms with Gasteiger partial charge >= 0.3 is 0 Å². The molecule has 2 aromatic rings. The predicted octanol–water partition coefficient (Wildman–Crippen LogP) is 2.59. The molecular weight excluding hydrogens is 354 g/mol. The number of sulfonamides is 1. The number of hydrogen-bond acceptors (Lipinski definition) is 6. The van der Waals surface area contributed by atoms with Gasteiger partial charge in [0.25, 0.3) is 10.0 Å². The Morgan fingerprint density at radius 1 is 1.00 bits per heavy atom. The molecular formula is C17H21N5O3S. The monoisotopic (exact) mass is 375 g/mol. The third-order valence-corrected chi connectivity index (χ3v) is 5.47. The van der Waals surface area contributed by atoms with E-state index in [9.17, 15) is 13.2 Å². The first-order valence-electron chi connectivity index (χ1n) is 8.43. The highest BCUT2D eigenvalue weighted by Gasteiger charge is 2.17. The van der Waals surface area contributed by atoms with Crippen molar-refractivity contribution < 1.29 is 13.2 Å². The molecule has 1 amide bonds. The molecule has 1 saturated carbocycles. The predicted molar refractivity (Wildman–Crippen MR) is 99.5 cm³/mol. The molecule has 1 aromatic heterocycles. The number of amides is 1. The fourth-order valence-corrected chi connectivity index (χ4v) is 3.86. The van der Waals surface area contributed by atoms with Crippen LogP contribution in [0.1, 0.15) is 32.6 Å². The zero-order valence-corrected chi connectivity index (χ0v) is 15.2. The number of carbonyl (C=O) groups is 1. The fourth-order valence-electron chi connectivity index (χ4n) is 2.86. The lowest BCUT2D eigenvalue weighted by atomic mass is 10.2. The van der Waals surface area contributed by atoms with Gasteiger partial charge in [-0.25, -0.2) is 8.42 Å². The Hall–Kier alpha value is -2.68.